The molecule has 0 aliphatic carbocycles. The molecule has 0 atom stereocenters. The lowest BCUT2D eigenvalue weighted by atomic mass is 9.95. The van der Waals surface area contributed by atoms with E-state index in [2.05, 4.69) is 132 Å². The molecule has 0 unspecified atom stereocenters. The predicted molar refractivity (Wildman–Crippen MR) is 262 cm³/mol. The van der Waals surface area contributed by atoms with Gasteiger partial charge in [-0.3, -0.25) is 0 Å². The van der Waals surface area contributed by atoms with Gasteiger partial charge in [0.1, 0.15) is 11.2 Å². The summed E-state index contributed by atoms with van der Waals surface area (Å²) in [6.45, 7) is 0. The summed E-state index contributed by atoms with van der Waals surface area (Å²) in [4.78, 5) is 15.3. The van der Waals surface area contributed by atoms with Gasteiger partial charge in [0.2, 0.25) is 0 Å². The Balaban J connectivity index is 1.13. The van der Waals surface area contributed by atoms with Gasteiger partial charge in [-0.2, -0.15) is 0 Å². The zero-order valence-corrected chi connectivity index (χ0v) is 34.2. The van der Waals surface area contributed by atoms with Crippen molar-refractivity contribution in [2.45, 2.75) is 0 Å². The van der Waals surface area contributed by atoms with Gasteiger partial charge in [-0.15, -0.1) is 11.3 Å². The summed E-state index contributed by atoms with van der Waals surface area (Å²) in [6.07, 6.45) is 0. The van der Waals surface area contributed by atoms with Gasteiger partial charge in [0.25, 0.3) is 0 Å². The molecular formula is C57H34N4OS. The topological polar surface area (TPSA) is 56.7 Å². The van der Waals surface area contributed by atoms with Crippen molar-refractivity contribution in [1.29, 1.82) is 0 Å². The van der Waals surface area contributed by atoms with Crippen LogP contribution in [0.15, 0.2) is 211 Å². The van der Waals surface area contributed by atoms with Crippen LogP contribution < -0.4 is 0 Å². The summed E-state index contributed by atoms with van der Waals surface area (Å²) in [7, 11) is 0. The number of fused-ring (bicyclic) bond motifs is 9. The largest absolute Gasteiger partial charge is 0.456 e. The second kappa shape index (κ2) is 14.2. The number of para-hydroxylation sites is 3. The molecule has 294 valence electrons. The lowest BCUT2D eigenvalue weighted by molar-refractivity contribution is 0.669. The molecule has 0 saturated carbocycles. The van der Waals surface area contributed by atoms with Crippen LogP contribution in [0.25, 0.3) is 126 Å². The van der Waals surface area contributed by atoms with Crippen molar-refractivity contribution in [3.63, 3.8) is 0 Å². The fraction of sp³-hybridized carbons (Fsp3) is 0. The standard InChI is InChI=1S/C57H34N4OS/c1-3-15-35(16-4-1)37-19-13-20-38(31-37)41-24-14-28-52-53(41)46-33-40(61-48-25-10-7-21-42(48)43-22-8-11-26-49(43)61)34-47(54(46)63-52)57-59-55(36-17-5-2-6-18-36)58-56(60-57)39-29-30-45-44-23-9-12-27-50(44)62-51(45)32-39/h1-34H/i2D,5D,6D,17D,18D. The normalized spacial score (nSPS) is 12.9. The van der Waals surface area contributed by atoms with Gasteiger partial charge in [0, 0.05) is 64.1 Å². The summed E-state index contributed by atoms with van der Waals surface area (Å²) in [5, 5.41) is 6.22. The van der Waals surface area contributed by atoms with Gasteiger partial charge in [0.05, 0.1) is 17.9 Å². The number of hydrogen-bond acceptors (Lipinski definition) is 5. The zero-order chi connectivity index (χ0) is 45.8. The van der Waals surface area contributed by atoms with Crippen LogP contribution in [0.1, 0.15) is 6.85 Å². The van der Waals surface area contributed by atoms with Gasteiger partial charge in [-0.1, -0.05) is 152 Å². The van der Waals surface area contributed by atoms with Crippen molar-refractivity contribution in [3.05, 3.63) is 206 Å². The molecule has 13 aromatic rings. The smallest absolute Gasteiger partial charge is 0.165 e. The van der Waals surface area contributed by atoms with Crippen molar-refractivity contribution >= 4 is 75.3 Å². The predicted octanol–water partition coefficient (Wildman–Crippen LogP) is 15.6. The maximum atomic E-state index is 9.07. The Morgan fingerprint density at radius 2 is 1.08 bits per heavy atom. The zero-order valence-electron chi connectivity index (χ0n) is 38.3. The fourth-order valence-corrected chi connectivity index (χ4v) is 10.3. The maximum Gasteiger partial charge on any atom is 0.165 e. The molecule has 0 radical (unpaired) electrons. The SMILES string of the molecule is [2H]c1c([2H])c([2H])c(-c2nc(-c3ccc4c(c3)oc3ccccc34)nc(-c3cc(-n4c5ccccc5c5ccccc54)cc4c3sc3cccc(-c5cccc(-c6ccccc6)c5)c34)n2)c([2H])c1[2H]. The Kier molecular flexibility index (Phi) is 6.94. The van der Waals surface area contributed by atoms with E-state index in [1.807, 2.05) is 48.5 Å². The number of nitrogens with zero attached hydrogens (tertiary/aromatic N) is 4. The first kappa shape index (κ1) is 30.8. The number of hydrogen-bond donors (Lipinski definition) is 0. The molecule has 0 amide bonds. The fourth-order valence-electron chi connectivity index (χ4n) is 9.11. The second-order valence-electron chi connectivity index (χ2n) is 15.6. The minimum Gasteiger partial charge on any atom is -0.456 e. The number of furan rings is 1. The molecule has 0 N–H and O–H groups in total. The van der Waals surface area contributed by atoms with E-state index < -0.39 is 30.2 Å². The van der Waals surface area contributed by atoms with Crippen molar-refractivity contribution < 1.29 is 11.3 Å². The van der Waals surface area contributed by atoms with Crippen LogP contribution in [0.4, 0.5) is 0 Å². The lowest BCUT2D eigenvalue weighted by Crippen LogP contribution is -2.01. The van der Waals surface area contributed by atoms with Crippen molar-refractivity contribution in [3.8, 4) is 62.1 Å². The second-order valence-corrected chi connectivity index (χ2v) is 16.6. The van der Waals surface area contributed by atoms with Crippen LogP contribution in [0.3, 0.4) is 0 Å². The highest BCUT2D eigenvalue weighted by atomic mass is 32.1. The van der Waals surface area contributed by atoms with Gasteiger partial charge < -0.3 is 8.98 Å². The Hall–Kier alpha value is -8.19. The molecule has 0 aliphatic rings. The van der Waals surface area contributed by atoms with E-state index in [1.165, 1.54) is 0 Å². The van der Waals surface area contributed by atoms with Crippen molar-refractivity contribution in [2.75, 3.05) is 0 Å². The van der Waals surface area contributed by atoms with E-state index in [1.54, 1.807) is 11.3 Å². The molecule has 4 aromatic heterocycles. The highest BCUT2D eigenvalue weighted by molar-refractivity contribution is 7.26. The van der Waals surface area contributed by atoms with Crippen LogP contribution >= 0.6 is 11.3 Å². The van der Waals surface area contributed by atoms with E-state index in [4.69, 9.17) is 26.2 Å². The molecule has 0 saturated heterocycles. The molecule has 0 aliphatic heterocycles. The maximum absolute atomic E-state index is 9.07. The van der Waals surface area contributed by atoms with Crippen LogP contribution in [-0.2, 0) is 0 Å². The first-order valence-electron chi connectivity index (χ1n) is 23.2. The third kappa shape index (κ3) is 5.80. The molecule has 6 heteroatoms. The quantitative estimate of drug-likeness (QED) is 0.168. The van der Waals surface area contributed by atoms with Crippen molar-refractivity contribution in [2.24, 2.45) is 0 Å². The Bertz CT molecular complexity index is 4150. The Morgan fingerprint density at radius 3 is 1.89 bits per heavy atom. The molecule has 9 aromatic carbocycles. The van der Waals surface area contributed by atoms with Gasteiger partial charge in [-0.25, -0.2) is 15.0 Å². The minimum absolute atomic E-state index is 0.0401. The molecule has 5 nitrogen and oxygen atoms in total. The summed E-state index contributed by atoms with van der Waals surface area (Å²) >= 11 is 1.64. The van der Waals surface area contributed by atoms with E-state index >= 15 is 0 Å². The third-order valence-electron chi connectivity index (χ3n) is 11.9. The Labute approximate surface area is 372 Å². The summed E-state index contributed by atoms with van der Waals surface area (Å²) in [5.74, 6) is 0.504. The number of thiophene rings is 1. The summed E-state index contributed by atoms with van der Waals surface area (Å²) in [5.41, 5.74) is 9.93. The molecular weight excluding hydrogens is 789 g/mol. The molecule has 0 spiro atoms. The number of rotatable bonds is 6. The van der Waals surface area contributed by atoms with E-state index in [0.29, 0.717) is 16.7 Å². The van der Waals surface area contributed by atoms with Gasteiger partial charge in [0.15, 0.2) is 17.5 Å². The minimum atomic E-state index is -0.496. The Morgan fingerprint density at radius 1 is 0.429 bits per heavy atom. The van der Waals surface area contributed by atoms with Gasteiger partial charge in [-0.05, 0) is 76.9 Å². The average Bonchev–Trinajstić information content (AvgIpc) is 4.07. The monoisotopic (exact) mass is 827 g/mol. The van der Waals surface area contributed by atoms with Crippen LogP contribution in [0, 0.1) is 0 Å². The van der Waals surface area contributed by atoms with E-state index in [-0.39, 0.29) is 23.0 Å². The molecule has 13 rings (SSSR count). The highest BCUT2D eigenvalue weighted by Crippen LogP contribution is 2.46. The van der Waals surface area contributed by atoms with Crippen LogP contribution in [0.5, 0.6) is 0 Å². The first-order chi connectivity index (χ1) is 33.3. The average molecular weight is 828 g/mol. The molecule has 0 fully saturated rings. The summed E-state index contributed by atoms with van der Waals surface area (Å²) < 4.78 is 54.4. The third-order valence-corrected chi connectivity index (χ3v) is 13.1. The van der Waals surface area contributed by atoms with Crippen LogP contribution in [-0.4, -0.2) is 19.5 Å². The highest BCUT2D eigenvalue weighted by Gasteiger charge is 2.22. The summed E-state index contributed by atoms with van der Waals surface area (Å²) in [6, 6.07) is 58.0. The molecule has 63 heavy (non-hydrogen) atoms. The number of benzene rings is 9. The lowest BCUT2D eigenvalue weighted by Gasteiger charge is -2.14. The van der Waals surface area contributed by atoms with Crippen molar-refractivity contribution in [1.82, 2.24) is 19.5 Å². The molecule has 4 heterocycles. The van der Waals surface area contributed by atoms with E-state index in [0.717, 1.165) is 86.3 Å². The first-order valence-corrected chi connectivity index (χ1v) is 21.5. The van der Waals surface area contributed by atoms with Gasteiger partial charge >= 0.3 is 0 Å². The number of aromatic nitrogens is 4. The van der Waals surface area contributed by atoms with Crippen LogP contribution in [0.2, 0.25) is 0 Å². The van der Waals surface area contributed by atoms with E-state index in [9.17, 15) is 0 Å². The molecule has 0 bridgehead atoms.